The SMILES string of the molecule is COc1ccc(-c2ccc(C3CCC(C)CC3)cc2)c(Cl)c1F.[HH]. The largest absolute Gasteiger partial charge is 0.494 e. The van der Waals surface area contributed by atoms with Crippen LogP contribution in [0.2, 0.25) is 5.02 Å². The van der Waals surface area contributed by atoms with E-state index in [1.807, 2.05) is 18.2 Å². The molecule has 2 aromatic rings. The van der Waals surface area contributed by atoms with Gasteiger partial charge in [-0.05, 0) is 47.9 Å². The first-order chi connectivity index (χ1) is 11.1. The fraction of sp³-hybridized carbons (Fsp3) is 0.400. The number of methoxy groups -OCH3 is 1. The number of rotatable bonds is 3. The lowest BCUT2D eigenvalue weighted by Crippen LogP contribution is -2.10. The summed E-state index contributed by atoms with van der Waals surface area (Å²) in [5.74, 6) is 1.18. The Morgan fingerprint density at radius 2 is 1.70 bits per heavy atom. The van der Waals surface area contributed by atoms with E-state index in [9.17, 15) is 4.39 Å². The van der Waals surface area contributed by atoms with Crippen LogP contribution in [-0.2, 0) is 0 Å². The van der Waals surface area contributed by atoms with Crippen molar-refractivity contribution in [3.05, 3.63) is 52.8 Å². The first kappa shape index (κ1) is 16.3. The summed E-state index contributed by atoms with van der Waals surface area (Å²) in [5.41, 5.74) is 3.02. The molecule has 3 rings (SSSR count). The van der Waals surface area contributed by atoms with Crippen LogP contribution in [0.15, 0.2) is 36.4 Å². The van der Waals surface area contributed by atoms with Crippen LogP contribution >= 0.6 is 11.6 Å². The standard InChI is InChI=1S/C20H22ClFO.H2/c1-13-3-5-14(6-4-13)15-7-9-16(10-8-15)17-11-12-18(23-2)20(22)19(17)21;/h7-14H,3-6H2,1-2H3;1H. The van der Waals surface area contributed by atoms with Crippen molar-refractivity contribution in [2.45, 2.75) is 38.5 Å². The van der Waals surface area contributed by atoms with Crippen LogP contribution in [0, 0.1) is 11.7 Å². The molecule has 0 heterocycles. The third-order valence-electron chi connectivity index (χ3n) is 4.98. The summed E-state index contributed by atoms with van der Waals surface area (Å²) in [4.78, 5) is 0. The quantitative estimate of drug-likeness (QED) is 0.607. The van der Waals surface area contributed by atoms with Crippen molar-refractivity contribution in [3.63, 3.8) is 0 Å². The summed E-state index contributed by atoms with van der Waals surface area (Å²) < 4.78 is 19.1. The van der Waals surface area contributed by atoms with Crippen molar-refractivity contribution in [1.29, 1.82) is 0 Å². The zero-order chi connectivity index (χ0) is 16.4. The van der Waals surface area contributed by atoms with Crippen molar-refractivity contribution < 1.29 is 10.6 Å². The van der Waals surface area contributed by atoms with Crippen LogP contribution in [0.1, 0.15) is 45.5 Å². The van der Waals surface area contributed by atoms with Crippen molar-refractivity contribution >= 4 is 11.6 Å². The molecule has 3 heteroatoms. The maximum absolute atomic E-state index is 14.1. The lowest BCUT2D eigenvalue weighted by atomic mass is 9.79. The molecule has 1 aliphatic rings. The second-order valence-corrected chi connectivity index (χ2v) is 6.90. The van der Waals surface area contributed by atoms with Gasteiger partial charge in [0, 0.05) is 6.99 Å². The first-order valence-corrected chi connectivity index (χ1v) is 8.60. The van der Waals surface area contributed by atoms with Crippen LogP contribution in [0.4, 0.5) is 4.39 Å². The van der Waals surface area contributed by atoms with Gasteiger partial charge in [-0.1, -0.05) is 55.6 Å². The third kappa shape index (κ3) is 3.37. The van der Waals surface area contributed by atoms with E-state index in [0.29, 0.717) is 11.5 Å². The van der Waals surface area contributed by atoms with Crippen molar-refractivity contribution in [2.24, 2.45) is 5.92 Å². The van der Waals surface area contributed by atoms with Gasteiger partial charge in [0.15, 0.2) is 11.6 Å². The molecule has 1 fully saturated rings. The molecule has 1 saturated carbocycles. The average molecular weight is 335 g/mol. The summed E-state index contributed by atoms with van der Waals surface area (Å²) in [6, 6.07) is 11.8. The molecule has 0 radical (unpaired) electrons. The van der Waals surface area contributed by atoms with E-state index >= 15 is 0 Å². The van der Waals surface area contributed by atoms with E-state index in [1.54, 1.807) is 6.07 Å². The highest BCUT2D eigenvalue weighted by molar-refractivity contribution is 6.33. The normalized spacial score (nSPS) is 21.2. The van der Waals surface area contributed by atoms with E-state index in [2.05, 4.69) is 19.1 Å². The fourth-order valence-electron chi connectivity index (χ4n) is 3.44. The minimum Gasteiger partial charge on any atom is -0.494 e. The molecule has 0 saturated heterocycles. The monoisotopic (exact) mass is 334 g/mol. The molecule has 2 aromatic carbocycles. The van der Waals surface area contributed by atoms with E-state index in [0.717, 1.165) is 11.5 Å². The van der Waals surface area contributed by atoms with Gasteiger partial charge < -0.3 is 4.74 Å². The molecule has 1 nitrogen and oxygen atoms in total. The van der Waals surface area contributed by atoms with Gasteiger partial charge in [0.1, 0.15) is 0 Å². The highest BCUT2D eigenvalue weighted by atomic mass is 35.5. The number of benzene rings is 2. The molecule has 0 amide bonds. The summed E-state index contributed by atoms with van der Waals surface area (Å²) >= 11 is 6.16. The predicted molar refractivity (Wildman–Crippen MR) is 95.9 cm³/mol. The first-order valence-electron chi connectivity index (χ1n) is 8.22. The highest BCUT2D eigenvalue weighted by Crippen LogP contribution is 2.38. The van der Waals surface area contributed by atoms with E-state index in [1.165, 1.54) is 38.4 Å². The Hall–Kier alpha value is -1.54. The minimum atomic E-state index is -0.503. The van der Waals surface area contributed by atoms with Crippen molar-refractivity contribution in [2.75, 3.05) is 7.11 Å². The van der Waals surface area contributed by atoms with Gasteiger partial charge in [-0.25, -0.2) is 4.39 Å². The summed E-state index contributed by atoms with van der Waals surface area (Å²) in [6.45, 7) is 2.33. The van der Waals surface area contributed by atoms with Gasteiger partial charge >= 0.3 is 0 Å². The topological polar surface area (TPSA) is 9.23 Å². The van der Waals surface area contributed by atoms with Crippen LogP contribution in [0.25, 0.3) is 11.1 Å². The van der Waals surface area contributed by atoms with Crippen molar-refractivity contribution in [3.8, 4) is 16.9 Å². The van der Waals surface area contributed by atoms with Gasteiger partial charge in [-0.2, -0.15) is 0 Å². The Bertz CT molecular complexity index is 679. The number of halogens is 2. The van der Waals surface area contributed by atoms with Crippen LogP contribution < -0.4 is 4.74 Å². The molecular formula is C20H24ClFO. The van der Waals surface area contributed by atoms with Gasteiger partial charge in [-0.3, -0.25) is 0 Å². The predicted octanol–water partition coefficient (Wildman–Crippen LogP) is 6.69. The second kappa shape index (κ2) is 6.92. The number of hydrogen-bond donors (Lipinski definition) is 0. The minimum absolute atomic E-state index is 0. The fourth-order valence-corrected chi connectivity index (χ4v) is 3.71. The second-order valence-electron chi connectivity index (χ2n) is 6.52. The average Bonchev–Trinajstić information content (AvgIpc) is 2.58. The lowest BCUT2D eigenvalue weighted by Gasteiger charge is -2.26. The Morgan fingerprint density at radius 1 is 1.04 bits per heavy atom. The molecule has 0 bridgehead atoms. The van der Waals surface area contributed by atoms with Crippen LogP contribution in [-0.4, -0.2) is 7.11 Å². The molecule has 0 unspecified atom stereocenters. The highest BCUT2D eigenvalue weighted by Gasteiger charge is 2.20. The molecule has 0 spiro atoms. The van der Waals surface area contributed by atoms with E-state index < -0.39 is 5.82 Å². The Labute approximate surface area is 143 Å². The Morgan fingerprint density at radius 3 is 2.30 bits per heavy atom. The molecule has 1 aliphatic carbocycles. The lowest BCUT2D eigenvalue weighted by molar-refractivity contribution is 0.348. The molecule has 0 aliphatic heterocycles. The molecule has 0 aromatic heterocycles. The Balaban J connectivity index is 0.00000208. The molecule has 23 heavy (non-hydrogen) atoms. The zero-order valence-corrected chi connectivity index (χ0v) is 14.4. The molecule has 124 valence electrons. The van der Waals surface area contributed by atoms with Crippen molar-refractivity contribution in [1.82, 2.24) is 0 Å². The van der Waals surface area contributed by atoms with Gasteiger partial charge in [0.2, 0.25) is 0 Å². The third-order valence-corrected chi connectivity index (χ3v) is 5.35. The molecule has 0 atom stereocenters. The van der Waals surface area contributed by atoms with E-state index in [-0.39, 0.29) is 12.2 Å². The van der Waals surface area contributed by atoms with Gasteiger partial charge in [0.05, 0.1) is 12.1 Å². The van der Waals surface area contributed by atoms with Crippen LogP contribution in [0.3, 0.4) is 0 Å². The van der Waals surface area contributed by atoms with E-state index in [4.69, 9.17) is 16.3 Å². The summed E-state index contributed by atoms with van der Waals surface area (Å²) in [6.07, 6.45) is 5.14. The zero-order valence-electron chi connectivity index (χ0n) is 13.6. The van der Waals surface area contributed by atoms with Crippen LogP contribution in [0.5, 0.6) is 5.75 Å². The van der Waals surface area contributed by atoms with Gasteiger partial charge in [0.25, 0.3) is 0 Å². The smallest absolute Gasteiger partial charge is 0.184 e. The maximum atomic E-state index is 14.1. The maximum Gasteiger partial charge on any atom is 0.184 e. The Kier molecular flexibility index (Phi) is 4.91. The number of ether oxygens (including phenoxy) is 1. The number of hydrogen-bond acceptors (Lipinski definition) is 1. The molecule has 0 N–H and O–H groups in total. The summed E-state index contributed by atoms with van der Waals surface area (Å²) in [5, 5.41) is 0.114. The molecular weight excluding hydrogens is 311 g/mol. The van der Waals surface area contributed by atoms with Gasteiger partial charge in [-0.15, -0.1) is 0 Å². The summed E-state index contributed by atoms with van der Waals surface area (Å²) in [7, 11) is 1.44.